The first-order chi connectivity index (χ1) is 16.2. The first kappa shape index (κ1) is 29.4. The first-order valence-corrected chi connectivity index (χ1v) is 12.7. The van der Waals surface area contributed by atoms with Gasteiger partial charge in [0.25, 0.3) is 0 Å². The molecule has 0 bridgehead atoms. The summed E-state index contributed by atoms with van der Waals surface area (Å²) in [6.07, 6.45) is 4.26. The lowest BCUT2D eigenvalue weighted by molar-refractivity contribution is -0.142. The molecule has 0 aliphatic heterocycles. The molecule has 190 valence electrons. The Morgan fingerprint density at radius 1 is 0.941 bits per heavy atom. The largest absolute Gasteiger partial charge is 0.480 e. The molecule has 0 aliphatic carbocycles. The van der Waals surface area contributed by atoms with E-state index in [1.807, 2.05) is 12.3 Å². The minimum absolute atomic E-state index is 0.108. The van der Waals surface area contributed by atoms with E-state index in [9.17, 15) is 24.3 Å². The van der Waals surface area contributed by atoms with Gasteiger partial charge in [0, 0.05) is 6.42 Å². The molecule has 34 heavy (non-hydrogen) atoms. The summed E-state index contributed by atoms with van der Waals surface area (Å²) in [4.78, 5) is 49.4. The molecule has 0 saturated carbocycles. The fourth-order valence-corrected chi connectivity index (χ4v) is 3.62. The lowest BCUT2D eigenvalue weighted by Gasteiger charge is -2.23. The number of carboxylic acid groups (broad SMARTS) is 1. The summed E-state index contributed by atoms with van der Waals surface area (Å²) in [7, 11) is 0. The van der Waals surface area contributed by atoms with Gasteiger partial charge in [-0.15, -0.1) is 0 Å². The van der Waals surface area contributed by atoms with Gasteiger partial charge in [-0.25, -0.2) is 4.79 Å². The lowest BCUT2D eigenvalue weighted by atomic mass is 10.1. The molecule has 11 heteroatoms. The van der Waals surface area contributed by atoms with Gasteiger partial charge in [-0.1, -0.05) is 36.8 Å². The Bertz CT molecular complexity index is 795. The maximum Gasteiger partial charge on any atom is 0.326 e. The Labute approximate surface area is 205 Å². The van der Waals surface area contributed by atoms with Gasteiger partial charge in [-0.3, -0.25) is 14.4 Å². The Morgan fingerprint density at radius 2 is 1.59 bits per heavy atom. The molecular formula is C23H37N5O5S. The topological polar surface area (TPSA) is 177 Å². The number of benzene rings is 1. The number of carbonyl (C=O) groups excluding carboxylic acids is 3. The van der Waals surface area contributed by atoms with Crippen LogP contribution in [0.4, 0.5) is 0 Å². The van der Waals surface area contributed by atoms with Gasteiger partial charge < -0.3 is 32.5 Å². The van der Waals surface area contributed by atoms with Crippen LogP contribution in [0, 0.1) is 0 Å². The highest BCUT2D eigenvalue weighted by Crippen LogP contribution is 2.06. The average molecular weight is 496 g/mol. The van der Waals surface area contributed by atoms with Crippen molar-refractivity contribution in [2.24, 2.45) is 11.5 Å². The van der Waals surface area contributed by atoms with E-state index >= 15 is 0 Å². The first-order valence-electron chi connectivity index (χ1n) is 11.3. The molecule has 0 aromatic heterocycles. The highest BCUT2D eigenvalue weighted by Gasteiger charge is 2.28. The zero-order chi connectivity index (χ0) is 25.5. The number of aliphatic carboxylic acids is 1. The third kappa shape index (κ3) is 11.0. The summed E-state index contributed by atoms with van der Waals surface area (Å²) in [5, 5.41) is 17.2. The summed E-state index contributed by atoms with van der Waals surface area (Å²) in [6, 6.07) is 5.15. The molecule has 1 aromatic rings. The molecular weight excluding hydrogens is 458 g/mol. The molecule has 8 N–H and O–H groups in total. The zero-order valence-electron chi connectivity index (χ0n) is 19.8. The predicted molar refractivity (Wildman–Crippen MR) is 133 cm³/mol. The van der Waals surface area contributed by atoms with Gasteiger partial charge in [-0.2, -0.15) is 11.8 Å². The van der Waals surface area contributed by atoms with E-state index in [0.717, 1.165) is 12.0 Å². The number of unbranched alkanes of at least 4 members (excludes halogenated alkanes) is 1. The third-order valence-electron chi connectivity index (χ3n) is 5.20. The number of rotatable bonds is 16. The number of nitrogens with two attached hydrogens (primary N) is 2. The third-order valence-corrected chi connectivity index (χ3v) is 5.84. The number of thioether (sulfide) groups is 1. The Balaban J connectivity index is 2.71. The molecule has 4 atom stereocenters. The van der Waals surface area contributed by atoms with Crippen LogP contribution in [-0.2, 0) is 25.6 Å². The van der Waals surface area contributed by atoms with E-state index in [2.05, 4.69) is 16.0 Å². The second-order valence-corrected chi connectivity index (χ2v) is 9.04. The summed E-state index contributed by atoms with van der Waals surface area (Å²) >= 11 is 1.52. The minimum atomic E-state index is -1.18. The number of hydrogen-bond donors (Lipinski definition) is 6. The van der Waals surface area contributed by atoms with Crippen molar-refractivity contribution in [3.63, 3.8) is 0 Å². The van der Waals surface area contributed by atoms with Crippen LogP contribution in [-0.4, -0.2) is 71.5 Å². The Hall–Kier alpha value is -2.63. The maximum atomic E-state index is 12.8. The monoisotopic (exact) mass is 495 g/mol. The summed E-state index contributed by atoms with van der Waals surface area (Å²) in [6.45, 7) is 1.97. The van der Waals surface area contributed by atoms with Crippen LogP contribution in [0.5, 0.6) is 0 Å². The number of nitrogens with one attached hydrogen (secondary N) is 3. The van der Waals surface area contributed by atoms with Gasteiger partial charge in [0.05, 0.1) is 6.04 Å². The normalized spacial score (nSPS) is 14.4. The molecule has 0 fully saturated rings. The van der Waals surface area contributed by atoms with Gasteiger partial charge >= 0.3 is 5.97 Å². The van der Waals surface area contributed by atoms with Crippen molar-refractivity contribution in [2.75, 3.05) is 18.6 Å². The van der Waals surface area contributed by atoms with E-state index in [1.165, 1.54) is 18.7 Å². The zero-order valence-corrected chi connectivity index (χ0v) is 20.6. The van der Waals surface area contributed by atoms with Crippen molar-refractivity contribution in [3.05, 3.63) is 35.9 Å². The van der Waals surface area contributed by atoms with Gasteiger partial charge in [0.15, 0.2) is 0 Å². The quantitative estimate of drug-likeness (QED) is 0.174. The van der Waals surface area contributed by atoms with Gasteiger partial charge in [0.2, 0.25) is 17.7 Å². The van der Waals surface area contributed by atoms with Crippen LogP contribution in [0.15, 0.2) is 30.3 Å². The van der Waals surface area contributed by atoms with E-state index in [1.54, 1.807) is 24.3 Å². The van der Waals surface area contributed by atoms with E-state index < -0.39 is 47.9 Å². The molecule has 0 spiro atoms. The average Bonchev–Trinajstić information content (AvgIpc) is 2.81. The fraction of sp³-hybridized carbons (Fsp3) is 0.565. The van der Waals surface area contributed by atoms with Crippen LogP contribution in [0.2, 0.25) is 0 Å². The van der Waals surface area contributed by atoms with Crippen molar-refractivity contribution >= 4 is 35.5 Å². The van der Waals surface area contributed by atoms with Crippen molar-refractivity contribution in [3.8, 4) is 0 Å². The smallest absolute Gasteiger partial charge is 0.326 e. The van der Waals surface area contributed by atoms with Gasteiger partial charge in [-0.05, 0) is 50.3 Å². The molecule has 4 unspecified atom stereocenters. The maximum absolute atomic E-state index is 12.8. The molecule has 0 saturated heterocycles. The molecule has 0 radical (unpaired) electrons. The molecule has 0 heterocycles. The molecule has 0 aliphatic rings. The van der Waals surface area contributed by atoms with Crippen LogP contribution >= 0.6 is 11.8 Å². The second-order valence-electron chi connectivity index (χ2n) is 8.05. The minimum Gasteiger partial charge on any atom is -0.480 e. The lowest BCUT2D eigenvalue weighted by Crippen LogP contribution is -2.56. The van der Waals surface area contributed by atoms with Crippen LogP contribution < -0.4 is 27.4 Å². The number of hydrogen-bond acceptors (Lipinski definition) is 7. The van der Waals surface area contributed by atoms with E-state index in [0.29, 0.717) is 31.6 Å². The van der Waals surface area contributed by atoms with Crippen LogP contribution in [0.3, 0.4) is 0 Å². The number of amides is 3. The summed E-state index contributed by atoms with van der Waals surface area (Å²) < 4.78 is 0. The Kier molecular flexibility index (Phi) is 13.9. The summed E-state index contributed by atoms with van der Waals surface area (Å²) in [5.74, 6) is -2.17. The van der Waals surface area contributed by atoms with Crippen molar-refractivity contribution in [1.29, 1.82) is 0 Å². The standard InChI is InChI=1S/C23H37N5O5S/c1-15(20(29)28-19(23(32)33)14-16-8-4-3-5-9-16)26-22(31)18(11-13-34-2)27-21(30)17(25)10-6-7-12-24/h3-5,8-9,15,17-19H,6-7,10-14,24-25H2,1-2H3,(H,26,31)(H,27,30)(H,28,29)(H,32,33). The van der Waals surface area contributed by atoms with Crippen LogP contribution in [0.25, 0.3) is 0 Å². The Morgan fingerprint density at radius 3 is 2.18 bits per heavy atom. The highest BCUT2D eigenvalue weighted by atomic mass is 32.2. The van der Waals surface area contributed by atoms with Crippen LogP contribution in [0.1, 0.15) is 38.2 Å². The molecule has 1 aromatic carbocycles. The van der Waals surface area contributed by atoms with E-state index in [4.69, 9.17) is 11.5 Å². The molecule has 3 amide bonds. The predicted octanol–water partition coefficient (Wildman–Crippen LogP) is -0.00260. The van der Waals surface area contributed by atoms with Crippen molar-refractivity contribution < 1.29 is 24.3 Å². The molecule has 1 rings (SSSR count). The highest BCUT2D eigenvalue weighted by molar-refractivity contribution is 7.98. The van der Waals surface area contributed by atoms with E-state index in [-0.39, 0.29) is 6.42 Å². The van der Waals surface area contributed by atoms with Crippen molar-refractivity contribution in [2.45, 2.75) is 63.2 Å². The SMILES string of the molecule is CSCCC(NC(=O)C(N)CCCCN)C(=O)NC(C)C(=O)NC(Cc1ccccc1)C(=O)O. The number of carbonyl (C=O) groups is 4. The fourth-order valence-electron chi connectivity index (χ4n) is 3.15. The summed E-state index contributed by atoms with van der Waals surface area (Å²) in [5.41, 5.74) is 12.1. The second kappa shape index (κ2) is 16.1. The number of carboxylic acids is 1. The molecule has 10 nitrogen and oxygen atoms in total. The van der Waals surface area contributed by atoms with Crippen molar-refractivity contribution in [1.82, 2.24) is 16.0 Å². The van der Waals surface area contributed by atoms with Gasteiger partial charge in [0.1, 0.15) is 18.1 Å².